The van der Waals surface area contributed by atoms with Crippen LogP contribution in [0.5, 0.6) is 5.75 Å². The van der Waals surface area contributed by atoms with Gasteiger partial charge < -0.3 is 9.47 Å². The van der Waals surface area contributed by atoms with E-state index in [0.717, 1.165) is 0 Å². The second-order valence-corrected chi connectivity index (χ2v) is 4.23. The first-order valence-electron chi connectivity index (χ1n) is 6.13. The van der Waals surface area contributed by atoms with Gasteiger partial charge in [0.1, 0.15) is 18.2 Å². The monoisotopic (exact) mass is 285 g/mol. The van der Waals surface area contributed by atoms with Gasteiger partial charge in [0.15, 0.2) is 0 Å². The summed E-state index contributed by atoms with van der Waals surface area (Å²) in [7, 11) is 1.20. The van der Waals surface area contributed by atoms with Crippen LogP contribution in [0.2, 0.25) is 0 Å². The highest BCUT2D eigenvalue weighted by atomic mass is 19.1. The topological polar surface area (TPSA) is 59.3 Å². The summed E-state index contributed by atoms with van der Waals surface area (Å²) in [5.41, 5.74) is 1.01. The molecule has 0 bridgehead atoms. The van der Waals surface area contributed by atoms with Gasteiger partial charge in [0, 0.05) is 0 Å². The first kappa shape index (κ1) is 14.5. The number of nitrogens with zero attached hydrogens (tertiary/aromatic N) is 1. The highest BCUT2D eigenvalue weighted by Crippen LogP contribution is 2.16. The largest absolute Gasteiger partial charge is 0.489 e. The molecule has 2 rings (SSSR count). The molecule has 0 aliphatic heterocycles. The zero-order valence-electron chi connectivity index (χ0n) is 11.3. The minimum absolute atomic E-state index is 0.111. The average molecular weight is 285 g/mol. The summed E-state index contributed by atoms with van der Waals surface area (Å²) in [6.07, 6.45) is 0. The molecule has 106 valence electrons. The summed E-state index contributed by atoms with van der Waals surface area (Å²) < 4.78 is 23.7. The molecule has 0 unspecified atom stereocenters. The van der Waals surface area contributed by atoms with Crippen LogP contribution in [0, 0.1) is 17.1 Å². The number of halogens is 1. The first-order chi connectivity index (χ1) is 10.1. The molecule has 0 spiro atoms. The Labute approximate surface area is 121 Å². The predicted octanol–water partition coefficient (Wildman–Crippen LogP) is 3.06. The van der Waals surface area contributed by atoms with Crippen LogP contribution in [-0.4, -0.2) is 13.1 Å². The highest BCUT2D eigenvalue weighted by molar-refractivity contribution is 5.89. The normalized spacial score (nSPS) is 9.76. The van der Waals surface area contributed by atoms with Gasteiger partial charge in [-0.3, -0.25) is 0 Å². The van der Waals surface area contributed by atoms with Crippen molar-refractivity contribution in [2.45, 2.75) is 6.61 Å². The Morgan fingerprint density at radius 2 is 1.95 bits per heavy atom. The minimum Gasteiger partial charge on any atom is -0.489 e. The summed E-state index contributed by atoms with van der Waals surface area (Å²) in [4.78, 5) is 11.3. The Kier molecular flexibility index (Phi) is 4.52. The molecule has 2 aromatic carbocycles. The number of nitriles is 1. The maximum atomic E-state index is 13.7. The fourth-order valence-electron chi connectivity index (χ4n) is 1.72. The number of esters is 1. The molecule has 0 aromatic heterocycles. The Balaban J connectivity index is 2.05. The summed E-state index contributed by atoms with van der Waals surface area (Å²) in [5.74, 6) is -0.790. The van der Waals surface area contributed by atoms with Gasteiger partial charge in [0.2, 0.25) is 0 Å². The summed E-state index contributed by atoms with van der Waals surface area (Å²) >= 11 is 0. The van der Waals surface area contributed by atoms with Crippen molar-refractivity contribution in [1.82, 2.24) is 0 Å². The predicted molar refractivity (Wildman–Crippen MR) is 73.2 cm³/mol. The van der Waals surface area contributed by atoms with E-state index < -0.39 is 11.8 Å². The van der Waals surface area contributed by atoms with E-state index in [4.69, 9.17) is 10.00 Å². The number of carbonyl (C=O) groups is 1. The van der Waals surface area contributed by atoms with Crippen LogP contribution in [0.15, 0.2) is 42.5 Å². The smallest absolute Gasteiger partial charge is 0.340 e. The molecular formula is C16H12FNO3. The molecule has 4 nitrogen and oxygen atoms in total. The third kappa shape index (κ3) is 3.57. The van der Waals surface area contributed by atoms with E-state index >= 15 is 0 Å². The molecule has 0 heterocycles. The molecule has 0 atom stereocenters. The Morgan fingerprint density at radius 1 is 1.24 bits per heavy atom. The fraction of sp³-hybridized carbons (Fsp3) is 0.125. The molecule has 0 amide bonds. The highest BCUT2D eigenvalue weighted by Gasteiger charge is 2.12. The lowest BCUT2D eigenvalue weighted by Crippen LogP contribution is -2.05. The zero-order chi connectivity index (χ0) is 15.2. The lowest BCUT2D eigenvalue weighted by Gasteiger charge is -2.07. The van der Waals surface area contributed by atoms with Gasteiger partial charge in [-0.05, 0) is 42.0 Å². The molecule has 0 N–H and O–H groups in total. The molecule has 21 heavy (non-hydrogen) atoms. The number of hydrogen-bond acceptors (Lipinski definition) is 4. The molecule has 0 saturated heterocycles. The third-order valence-corrected chi connectivity index (χ3v) is 2.83. The van der Waals surface area contributed by atoms with Crippen LogP contribution >= 0.6 is 0 Å². The van der Waals surface area contributed by atoms with Crippen molar-refractivity contribution >= 4 is 5.97 Å². The van der Waals surface area contributed by atoms with E-state index in [0.29, 0.717) is 16.9 Å². The average Bonchev–Trinajstić information content (AvgIpc) is 2.52. The lowest BCUT2D eigenvalue weighted by molar-refractivity contribution is 0.0595. The van der Waals surface area contributed by atoms with E-state index in [9.17, 15) is 9.18 Å². The standard InChI is InChI=1S/C16H12FNO3/c1-20-16(19)14-7-4-12(8-15(14)17)10-21-13-5-2-11(9-18)3-6-13/h2-8H,10H2,1H3. The van der Waals surface area contributed by atoms with Crippen molar-refractivity contribution in [3.63, 3.8) is 0 Å². The number of ether oxygens (including phenoxy) is 2. The molecule has 0 fully saturated rings. The van der Waals surface area contributed by atoms with Gasteiger partial charge in [-0.2, -0.15) is 5.26 Å². The Bertz CT molecular complexity index is 690. The van der Waals surface area contributed by atoms with Gasteiger partial charge in [-0.25, -0.2) is 9.18 Å². The van der Waals surface area contributed by atoms with Gasteiger partial charge in [0.05, 0.1) is 24.3 Å². The number of carbonyl (C=O) groups excluding carboxylic acids is 1. The maximum absolute atomic E-state index is 13.7. The van der Waals surface area contributed by atoms with E-state index in [1.54, 1.807) is 30.3 Å². The molecule has 0 radical (unpaired) electrons. The van der Waals surface area contributed by atoms with Crippen LogP contribution in [0.1, 0.15) is 21.5 Å². The van der Waals surface area contributed by atoms with Gasteiger partial charge in [0.25, 0.3) is 0 Å². The molecule has 0 saturated carbocycles. The van der Waals surface area contributed by atoms with Gasteiger partial charge in [-0.1, -0.05) is 6.07 Å². The van der Waals surface area contributed by atoms with Crippen LogP contribution in [0.3, 0.4) is 0 Å². The SMILES string of the molecule is COC(=O)c1ccc(COc2ccc(C#N)cc2)cc1F. The minimum atomic E-state index is -0.716. The Hall–Kier alpha value is -2.87. The molecule has 0 aliphatic rings. The number of benzene rings is 2. The van der Waals surface area contributed by atoms with Crippen LogP contribution in [0.4, 0.5) is 4.39 Å². The number of hydrogen-bond donors (Lipinski definition) is 0. The van der Waals surface area contributed by atoms with Crippen LogP contribution < -0.4 is 4.74 Å². The van der Waals surface area contributed by atoms with Gasteiger partial charge >= 0.3 is 5.97 Å². The van der Waals surface area contributed by atoms with Crippen molar-refractivity contribution in [3.05, 3.63) is 65.0 Å². The second-order valence-electron chi connectivity index (χ2n) is 4.23. The summed E-state index contributed by atoms with van der Waals surface area (Å²) in [5, 5.41) is 8.69. The Morgan fingerprint density at radius 3 is 2.52 bits per heavy atom. The third-order valence-electron chi connectivity index (χ3n) is 2.83. The summed E-state index contributed by atoms with van der Waals surface area (Å²) in [6, 6.07) is 12.8. The van der Waals surface area contributed by atoms with Gasteiger partial charge in [-0.15, -0.1) is 0 Å². The van der Waals surface area contributed by atoms with E-state index in [-0.39, 0.29) is 12.2 Å². The molecule has 5 heteroatoms. The molecular weight excluding hydrogens is 273 g/mol. The first-order valence-corrected chi connectivity index (χ1v) is 6.13. The van der Waals surface area contributed by atoms with Crippen LogP contribution in [0.25, 0.3) is 0 Å². The van der Waals surface area contributed by atoms with Crippen molar-refractivity contribution in [2.75, 3.05) is 7.11 Å². The molecule has 2 aromatic rings. The summed E-state index contributed by atoms with van der Waals surface area (Å²) in [6.45, 7) is 0.157. The van der Waals surface area contributed by atoms with E-state index in [1.807, 2.05) is 6.07 Å². The number of methoxy groups -OCH3 is 1. The fourth-order valence-corrected chi connectivity index (χ4v) is 1.72. The zero-order valence-corrected chi connectivity index (χ0v) is 11.3. The van der Waals surface area contributed by atoms with Crippen molar-refractivity contribution in [2.24, 2.45) is 0 Å². The van der Waals surface area contributed by atoms with Crippen molar-refractivity contribution < 1.29 is 18.7 Å². The maximum Gasteiger partial charge on any atom is 0.340 e. The van der Waals surface area contributed by atoms with E-state index in [1.165, 1.54) is 19.2 Å². The quantitative estimate of drug-likeness (QED) is 0.810. The van der Waals surface area contributed by atoms with E-state index in [2.05, 4.69) is 4.74 Å². The second kappa shape index (κ2) is 6.53. The van der Waals surface area contributed by atoms with Crippen LogP contribution in [-0.2, 0) is 11.3 Å². The van der Waals surface area contributed by atoms with Crippen molar-refractivity contribution in [3.8, 4) is 11.8 Å². The number of rotatable bonds is 4. The van der Waals surface area contributed by atoms with Crippen molar-refractivity contribution in [1.29, 1.82) is 5.26 Å². The molecule has 0 aliphatic carbocycles. The lowest BCUT2D eigenvalue weighted by atomic mass is 10.1.